The van der Waals surface area contributed by atoms with Gasteiger partial charge in [-0.25, -0.2) is 0 Å². The van der Waals surface area contributed by atoms with Crippen LogP contribution in [0.2, 0.25) is 0 Å². The van der Waals surface area contributed by atoms with Crippen LogP contribution >= 0.6 is 31.9 Å². The Morgan fingerprint density at radius 1 is 1.11 bits per heavy atom. The summed E-state index contributed by atoms with van der Waals surface area (Å²) in [4.78, 5) is 12.0. The molecule has 2 aromatic rings. The van der Waals surface area contributed by atoms with E-state index in [0.29, 0.717) is 6.54 Å². The lowest BCUT2D eigenvalue weighted by Crippen LogP contribution is -2.22. The van der Waals surface area contributed by atoms with Crippen LogP contribution < -0.4 is 5.32 Å². The van der Waals surface area contributed by atoms with Gasteiger partial charge in [-0.2, -0.15) is 0 Å². The van der Waals surface area contributed by atoms with Gasteiger partial charge in [0, 0.05) is 15.5 Å². The van der Waals surface area contributed by atoms with Crippen molar-refractivity contribution in [3.05, 3.63) is 62.5 Å². The van der Waals surface area contributed by atoms with Crippen LogP contribution in [0.3, 0.4) is 0 Å². The van der Waals surface area contributed by atoms with Crippen LogP contribution in [0, 0.1) is 0 Å². The van der Waals surface area contributed by atoms with Crippen molar-refractivity contribution < 1.29 is 9.90 Å². The van der Waals surface area contributed by atoms with E-state index in [9.17, 15) is 9.90 Å². The van der Waals surface area contributed by atoms with Crippen molar-refractivity contribution in [2.45, 2.75) is 6.54 Å². The monoisotopic (exact) mass is 383 g/mol. The highest BCUT2D eigenvalue weighted by atomic mass is 79.9. The molecular weight excluding hydrogens is 374 g/mol. The molecular formula is C14H11Br2NO2. The number of nitrogens with one attached hydrogen (secondary N) is 1. The first-order valence-electron chi connectivity index (χ1n) is 5.57. The average Bonchev–Trinajstić information content (AvgIpc) is 2.39. The van der Waals surface area contributed by atoms with Crippen molar-refractivity contribution in [3.63, 3.8) is 0 Å². The Hall–Kier alpha value is -1.33. The summed E-state index contributed by atoms with van der Waals surface area (Å²) in [5.74, 6) is -0.339. The smallest absolute Gasteiger partial charge is 0.255 e. The molecule has 0 saturated heterocycles. The van der Waals surface area contributed by atoms with E-state index in [2.05, 4.69) is 37.2 Å². The molecule has 0 unspecified atom stereocenters. The van der Waals surface area contributed by atoms with Gasteiger partial charge in [-0.15, -0.1) is 0 Å². The van der Waals surface area contributed by atoms with Crippen LogP contribution in [-0.4, -0.2) is 11.0 Å². The number of carbonyl (C=O) groups excluding carboxylic acids is 1. The standard InChI is InChI=1S/C14H11Br2NO2/c15-10-3-1-2-9(6-10)8-17-14(19)12-7-11(16)4-5-13(12)18/h1-7,18H,8H2,(H,17,19). The van der Waals surface area contributed by atoms with Gasteiger partial charge in [0.25, 0.3) is 5.91 Å². The number of halogens is 2. The molecule has 19 heavy (non-hydrogen) atoms. The molecule has 1 amide bonds. The number of hydrogen-bond acceptors (Lipinski definition) is 2. The summed E-state index contributed by atoms with van der Waals surface area (Å²) >= 11 is 6.65. The molecule has 0 fully saturated rings. The number of aromatic hydroxyl groups is 1. The summed E-state index contributed by atoms with van der Waals surface area (Å²) in [6.45, 7) is 0.407. The average molecular weight is 385 g/mol. The summed E-state index contributed by atoms with van der Waals surface area (Å²) in [6, 6.07) is 12.4. The number of carbonyl (C=O) groups is 1. The fraction of sp³-hybridized carbons (Fsp3) is 0.0714. The Morgan fingerprint density at radius 3 is 2.58 bits per heavy atom. The van der Waals surface area contributed by atoms with E-state index in [1.807, 2.05) is 24.3 Å². The Kier molecular flexibility index (Phi) is 4.61. The second kappa shape index (κ2) is 6.21. The fourth-order valence-corrected chi connectivity index (χ4v) is 2.42. The van der Waals surface area contributed by atoms with Gasteiger partial charge in [-0.1, -0.05) is 44.0 Å². The first kappa shape index (κ1) is 14.1. The first-order valence-corrected chi connectivity index (χ1v) is 7.16. The molecule has 0 aromatic heterocycles. The second-order valence-corrected chi connectivity index (χ2v) is 5.81. The predicted molar refractivity (Wildman–Crippen MR) is 81.1 cm³/mol. The molecule has 3 nitrogen and oxygen atoms in total. The van der Waals surface area contributed by atoms with E-state index in [-0.39, 0.29) is 17.2 Å². The van der Waals surface area contributed by atoms with Gasteiger partial charge in [-0.3, -0.25) is 4.79 Å². The zero-order valence-electron chi connectivity index (χ0n) is 9.86. The molecule has 0 saturated carbocycles. The molecule has 2 rings (SSSR count). The lowest BCUT2D eigenvalue weighted by Gasteiger charge is -2.07. The van der Waals surface area contributed by atoms with E-state index >= 15 is 0 Å². The number of phenolic OH excluding ortho intramolecular Hbond substituents is 1. The molecule has 0 heterocycles. The Labute approximate surface area is 127 Å². The van der Waals surface area contributed by atoms with Crippen molar-refractivity contribution in [1.29, 1.82) is 0 Å². The summed E-state index contributed by atoms with van der Waals surface area (Å²) in [5, 5.41) is 12.4. The normalized spacial score (nSPS) is 10.2. The van der Waals surface area contributed by atoms with Gasteiger partial charge in [0.1, 0.15) is 5.75 Å². The van der Waals surface area contributed by atoms with E-state index in [4.69, 9.17) is 0 Å². The van der Waals surface area contributed by atoms with E-state index in [1.54, 1.807) is 12.1 Å². The molecule has 0 aliphatic heterocycles. The highest BCUT2D eigenvalue weighted by molar-refractivity contribution is 9.10. The van der Waals surface area contributed by atoms with Crippen LogP contribution in [0.5, 0.6) is 5.75 Å². The number of hydrogen-bond donors (Lipinski definition) is 2. The zero-order valence-corrected chi connectivity index (χ0v) is 13.0. The fourth-order valence-electron chi connectivity index (χ4n) is 1.61. The maximum atomic E-state index is 12.0. The SMILES string of the molecule is O=C(NCc1cccc(Br)c1)c1cc(Br)ccc1O. The van der Waals surface area contributed by atoms with Gasteiger partial charge in [0.05, 0.1) is 5.56 Å². The van der Waals surface area contributed by atoms with Crippen LogP contribution in [0.25, 0.3) is 0 Å². The van der Waals surface area contributed by atoms with Crippen molar-refractivity contribution >= 4 is 37.8 Å². The van der Waals surface area contributed by atoms with Crippen molar-refractivity contribution in [2.75, 3.05) is 0 Å². The number of rotatable bonds is 3. The summed E-state index contributed by atoms with van der Waals surface area (Å²) < 4.78 is 1.71. The third kappa shape index (κ3) is 3.81. The molecule has 0 bridgehead atoms. The maximum Gasteiger partial charge on any atom is 0.255 e. The Morgan fingerprint density at radius 2 is 1.84 bits per heavy atom. The molecule has 98 valence electrons. The van der Waals surface area contributed by atoms with E-state index < -0.39 is 0 Å². The molecule has 0 spiro atoms. The molecule has 2 aromatic carbocycles. The number of benzene rings is 2. The zero-order chi connectivity index (χ0) is 13.8. The highest BCUT2D eigenvalue weighted by Crippen LogP contribution is 2.21. The summed E-state index contributed by atoms with van der Waals surface area (Å²) in [7, 11) is 0. The molecule has 5 heteroatoms. The second-order valence-electron chi connectivity index (χ2n) is 3.97. The van der Waals surface area contributed by atoms with E-state index in [0.717, 1.165) is 14.5 Å². The van der Waals surface area contributed by atoms with Gasteiger partial charge in [-0.05, 0) is 35.9 Å². The molecule has 0 aliphatic rings. The first-order chi connectivity index (χ1) is 9.06. The maximum absolute atomic E-state index is 12.0. The van der Waals surface area contributed by atoms with Gasteiger partial charge < -0.3 is 10.4 Å². The summed E-state index contributed by atoms with van der Waals surface area (Å²) in [6.07, 6.45) is 0. The third-order valence-electron chi connectivity index (χ3n) is 2.55. The Bertz CT molecular complexity index is 614. The topological polar surface area (TPSA) is 49.3 Å². The quantitative estimate of drug-likeness (QED) is 0.844. The minimum atomic E-state index is -0.307. The van der Waals surface area contributed by atoms with Gasteiger partial charge >= 0.3 is 0 Å². The number of amides is 1. The lowest BCUT2D eigenvalue weighted by molar-refractivity contribution is 0.0948. The summed E-state index contributed by atoms with van der Waals surface area (Å²) in [5.41, 5.74) is 1.24. The van der Waals surface area contributed by atoms with E-state index in [1.165, 1.54) is 6.07 Å². The minimum Gasteiger partial charge on any atom is -0.507 e. The molecule has 2 N–H and O–H groups in total. The Balaban J connectivity index is 2.07. The van der Waals surface area contributed by atoms with Gasteiger partial charge in [0.2, 0.25) is 0 Å². The van der Waals surface area contributed by atoms with Crippen LogP contribution in [0.4, 0.5) is 0 Å². The van der Waals surface area contributed by atoms with Crippen LogP contribution in [0.1, 0.15) is 15.9 Å². The minimum absolute atomic E-state index is 0.0325. The molecule has 0 radical (unpaired) electrons. The van der Waals surface area contributed by atoms with Crippen molar-refractivity contribution in [3.8, 4) is 5.75 Å². The highest BCUT2D eigenvalue weighted by Gasteiger charge is 2.11. The van der Waals surface area contributed by atoms with Crippen LogP contribution in [-0.2, 0) is 6.54 Å². The largest absolute Gasteiger partial charge is 0.507 e. The third-order valence-corrected chi connectivity index (χ3v) is 3.53. The molecule has 0 aliphatic carbocycles. The molecule has 0 atom stereocenters. The lowest BCUT2D eigenvalue weighted by atomic mass is 10.1. The van der Waals surface area contributed by atoms with Crippen molar-refractivity contribution in [1.82, 2.24) is 5.32 Å². The van der Waals surface area contributed by atoms with Gasteiger partial charge in [0.15, 0.2) is 0 Å². The van der Waals surface area contributed by atoms with Crippen LogP contribution in [0.15, 0.2) is 51.4 Å². The predicted octanol–water partition coefficient (Wildman–Crippen LogP) is 3.85. The number of phenols is 1. The van der Waals surface area contributed by atoms with Crippen molar-refractivity contribution in [2.24, 2.45) is 0 Å².